The third-order valence-electron chi connectivity index (χ3n) is 3.06. The van der Waals surface area contributed by atoms with E-state index in [0.717, 1.165) is 18.7 Å². The Morgan fingerprint density at radius 2 is 2.20 bits per heavy atom. The van der Waals surface area contributed by atoms with E-state index in [4.69, 9.17) is 21.2 Å². The molecule has 5 nitrogen and oxygen atoms in total. The molecule has 0 amide bonds. The number of benzene rings is 1. The second-order valence-corrected chi connectivity index (χ2v) is 4.87. The Morgan fingerprint density at radius 1 is 1.35 bits per heavy atom. The number of likely N-dealkylation sites (N-methyl/N-ethyl adjacent to an activating group) is 1. The molecule has 0 bridgehead atoms. The lowest BCUT2D eigenvalue weighted by molar-refractivity contribution is 0.199. The fourth-order valence-electron chi connectivity index (χ4n) is 1.92. The Labute approximate surface area is 123 Å². The lowest BCUT2D eigenvalue weighted by Gasteiger charge is -2.17. The summed E-state index contributed by atoms with van der Waals surface area (Å²) in [6, 6.07) is 7.36. The van der Waals surface area contributed by atoms with Gasteiger partial charge < -0.3 is 14.5 Å². The first-order valence-corrected chi connectivity index (χ1v) is 7.02. The molecule has 0 saturated carbocycles. The molecule has 108 valence electrons. The molecule has 0 aliphatic rings. The third-order valence-corrected chi connectivity index (χ3v) is 3.29. The lowest BCUT2D eigenvalue weighted by Crippen LogP contribution is -2.28. The normalized spacial score (nSPS) is 11.2. The molecule has 0 aliphatic carbocycles. The van der Waals surface area contributed by atoms with Crippen LogP contribution in [0.2, 0.25) is 5.02 Å². The van der Waals surface area contributed by atoms with Crippen LogP contribution in [0.15, 0.2) is 28.8 Å². The van der Waals surface area contributed by atoms with E-state index in [2.05, 4.69) is 22.0 Å². The number of aliphatic hydroxyl groups excluding tert-OH is 1. The second-order valence-electron chi connectivity index (χ2n) is 4.43. The number of aromatic nitrogens is 2. The summed E-state index contributed by atoms with van der Waals surface area (Å²) < 4.78 is 5.24. The zero-order valence-corrected chi connectivity index (χ0v) is 12.2. The van der Waals surface area contributed by atoms with E-state index in [1.54, 1.807) is 12.1 Å². The van der Waals surface area contributed by atoms with Crippen molar-refractivity contribution < 1.29 is 9.63 Å². The summed E-state index contributed by atoms with van der Waals surface area (Å²) in [4.78, 5) is 6.49. The fraction of sp³-hybridized carbons (Fsp3) is 0.429. The smallest absolute Gasteiger partial charge is 0.228 e. The minimum atomic E-state index is 0.158. The number of aliphatic hydroxyl groups is 1. The van der Waals surface area contributed by atoms with Crippen LogP contribution in [-0.2, 0) is 6.42 Å². The molecule has 1 heterocycles. The maximum absolute atomic E-state index is 8.94. The molecule has 0 fully saturated rings. The van der Waals surface area contributed by atoms with Crippen molar-refractivity contribution in [1.82, 2.24) is 15.0 Å². The second kappa shape index (κ2) is 7.38. The van der Waals surface area contributed by atoms with Gasteiger partial charge in [-0.1, -0.05) is 35.8 Å². The Bertz CT molecular complexity index is 545. The van der Waals surface area contributed by atoms with Crippen molar-refractivity contribution in [2.75, 3.05) is 26.2 Å². The molecule has 2 aromatic rings. The molecular formula is C14H18ClN3O2. The summed E-state index contributed by atoms with van der Waals surface area (Å²) in [5.41, 5.74) is 0.843. The van der Waals surface area contributed by atoms with E-state index >= 15 is 0 Å². The van der Waals surface area contributed by atoms with Crippen molar-refractivity contribution in [2.24, 2.45) is 0 Å². The van der Waals surface area contributed by atoms with Crippen molar-refractivity contribution in [3.63, 3.8) is 0 Å². The summed E-state index contributed by atoms with van der Waals surface area (Å²) in [6.45, 7) is 4.54. The maximum Gasteiger partial charge on any atom is 0.228 e. The number of hydrogen-bond donors (Lipinski definition) is 1. The molecular weight excluding hydrogens is 278 g/mol. The molecule has 0 atom stereocenters. The molecule has 6 heteroatoms. The number of nitrogens with zero attached hydrogens (tertiary/aromatic N) is 3. The first kappa shape index (κ1) is 15.0. The quantitative estimate of drug-likeness (QED) is 0.849. The van der Waals surface area contributed by atoms with E-state index < -0.39 is 0 Å². The fourth-order valence-corrected chi connectivity index (χ4v) is 2.11. The highest BCUT2D eigenvalue weighted by Crippen LogP contribution is 2.19. The molecule has 0 radical (unpaired) electrons. The van der Waals surface area contributed by atoms with Crippen molar-refractivity contribution in [1.29, 1.82) is 0 Å². The van der Waals surface area contributed by atoms with Gasteiger partial charge in [0.15, 0.2) is 0 Å². The van der Waals surface area contributed by atoms with Gasteiger partial charge in [-0.15, -0.1) is 0 Å². The number of halogens is 1. The highest BCUT2D eigenvalue weighted by atomic mass is 35.5. The van der Waals surface area contributed by atoms with Crippen LogP contribution in [0.4, 0.5) is 0 Å². The summed E-state index contributed by atoms with van der Waals surface area (Å²) in [5.74, 6) is 1.14. The van der Waals surface area contributed by atoms with Gasteiger partial charge in [0.2, 0.25) is 11.7 Å². The molecule has 20 heavy (non-hydrogen) atoms. The Kier molecular flexibility index (Phi) is 5.52. The number of hydrogen-bond acceptors (Lipinski definition) is 5. The zero-order valence-electron chi connectivity index (χ0n) is 11.4. The SMILES string of the molecule is CCN(CCO)CCc1nc(-c2cccc(Cl)c2)no1. The van der Waals surface area contributed by atoms with E-state index in [9.17, 15) is 0 Å². The van der Waals surface area contributed by atoms with Crippen molar-refractivity contribution >= 4 is 11.6 Å². The van der Waals surface area contributed by atoms with Crippen molar-refractivity contribution in [3.8, 4) is 11.4 Å². The molecule has 0 saturated heterocycles. The first-order chi connectivity index (χ1) is 9.72. The van der Waals surface area contributed by atoms with Gasteiger partial charge in [-0.05, 0) is 18.7 Å². The largest absolute Gasteiger partial charge is 0.395 e. The van der Waals surface area contributed by atoms with Gasteiger partial charge in [-0.2, -0.15) is 4.98 Å². The molecule has 0 unspecified atom stereocenters. The average Bonchev–Trinajstić information content (AvgIpc) is 2.92. The predicted octanol–water partition coefficient (Wildman–Crippen LogP) is 2.25. The van der Waals surface area contributed by atoms with Gasteiger partial charge >= 0.3 is 0 Å². The standard InChI is InChI=1S/C14H18ClN3O2/c1-2-18(8-9-19)7-6-13-16-14(17-20-13)11-4-3-5-12(15)10-11/h3-5,10,19H,2,6-9H2,1H3. The molecule has 1 N–H and O–H groups in total. The monoisotopic (exact) mass is 295 g/mol. The third kappa shape index (κ3) is 4.03. The Balaban J connectivity index is 1.99. The minimum absolute atomic E-state index is 0.158. The van der Waals surface area contributed by atoms with Crippen molar-refractivity contribution in [2.45, 2.75) is 13.3 Å². The van der Waals surface area contributed by atoms with Crippen LogP contribution in [0, 0.1) is 0 Å². The van der Waals surface area contributed by atoms with Gasteiger partial charge in [0.25, 0.3) is 0 Å². The summed E-state index contributed by atoms with van der Waals surface area (Å²) in [6.07, 6.45) is 0.668. The van der Waals surface area contributed by atoms with Crippen LogP contribution in [0.5, 0.6) is 0 Å². The van der Waals surface area contributed by atoms with Gasteiger partial charge in [0.05, 0.1) is 6.61 Å². The van der Waals surface area contributed by atoms with Crippen LogP contribution in [-0.4, -0.2) is 46.4 Å². The van der Waals surface area contributed by atoms with Crippen molar-refractivity contribution in [3.05, 3.63) is 35.2 Å². The highest BCUT2D eigenvalue weighted by Gasteiger charge is 2.10. The van der Waals surface area contributed by atoms with E-state index in [0.29, 0.717) is 29.7 Å². The van der Waals surface area contributed by atoms with Gasteiger partial charge in [0, 0.05) is 30.1 Å². The van der Waals surface area contributed by atoms with Crippen LogP contribution >= 0.6 is 11.6 Å². The predicted molar refractivity (Wildman–Crippen MR) is 77.6 cm³/mol. The summed E-state index contributed by atoms with van der Waals surface area (Å²) >= 11 is 5.94. The van der Waals surface area contributed by atoms with Crippen LogP contribution in [0.1, 0.15) is 12.8 Å². The van der Waals surface area contributed by atoms with E-state index in [1.807, 2.05) is 12.1 Å². The zero-order chi connectivity index (χ0) is 14.4. The highest BCUT2D eigenvalue weighted by molar-refractivity contribution is 6.30. The summed E-state index contributed by atoms with van der Waals surface area (Å²) in [5, 5.41) is 13.6. The van der Waals surface area contributed by atoms with E-state index in [-0.39, 0.29) is 6.61 Å². The summed E-state index contributed by atoms with van der Waals surface area (Å²) in [7, 11) is 0. The molecule has 1 aromatic carbocycles. The van der Waals surface area contributed by atoms with Gasteiger partial charge in [-0.3, -0.25) is 0 Å². The topological polar surface area (TPSA) is 62.4 Å². The minimum Gasteiger partial charge on any atom is -0.395 e. The van der Waals surface area contributed by atoms with Crippen LogP contribution in [0.25, 0.3) is 11.4 Å². The average molecular weight is 296 g/mol. The van der Waals surface area contributed by atoms with Crippen LogP contribution < -0.4 is 0 Å². The van der Waals surface area contributed by atoms with Gasteiger partial charge in [0.1, 0.15) is 0 Å². The Hall–Kier alpha value is -1.43. The lowest BCUT2D eigenvalue weighted by atomic mass is 10.2. The number of rotatable bonds is 7. The molecule has 0 aliphatic heterocycles. The molecule has 1 aromatic heterocycles. The van der Waals surface area contributed by atoms with Crippen LogP contribution in [0.3, 0.4) is 0 Å². The van der Waals surface area contributed by atoms with Gasteiger partial charge in [-0.25, -0.2) is 0 Å². The molecule has 2 rings (SSSR count). The van der Waals surface area contributed by atoms with E-state index in [1.165, 1.54) is 0 Å². The Morgan fingerprint density at radius 3 is 2.90 bits per heavy atom. The first-order valence-electron chi connectivity index (χ1n) is 6.64. The maximum atomic E-state index is 8.94. The molecule has 0 spiro atoms.